The van der Waals surface area contributed by atoms with Crippen molar-refractivity contribution >= 4 is 40.8 Å². The third-order valence-electron chi connectivity index (χ3n) is 6.19. The van der Waals surface area contributed by atoms with E-state index in [-0.39, 0.29) is 16.3 Å². The fourth-order valence-corrected chi connectivity index (χ4v) is 5.48. The number of hydrogen-bond acceptors (Lipinski definition) is 3. The number of hydrogen-bond donors (Lipinski definition) is 3. The minimum absolute atomic E-state index is 0.120. The highest BCUT2D eigenvalue weighted by atomic mass is 35.5. The summed E-state index contributed by atoms with van der Waals surface area (Å²) < 4.78 is 13.9. The van der Waals surface area contributed by atoms with Gasteiger partial charge < -0.3 is 10.4 Å². The van der Waals surface area contributed by atoms with E-state index < -0.39 is 35.2 Å². The van der Waals surface area contributed by atoms with Gasteiger partial charge in [-0.15, -0.1) is 0 Å². The topological polar surface area (TPSA) is 78.4 Å². The number of amides is 1. The minimum Gasteiger partial charge on any atom is -0.480 e. The SMILES string of the molecule is CC(C)(C)CC1NC(C(=O)O)C(c2ccc(F)c(Cl)c2)C12C(=O)Nc1cc(Cl)ccc12. The van der Waals surface area contributed by atoms with Gasteiger partial charge >= 0.3 is 5.97 Å². The lowest BCUT2D eigenvalue weighted by Gasteiger charge is -2.37. The second-order valence-corrected chi connectivity index (χ2v) is 10.3. The fraction of sp³-hybridized carbons (Fsp3) is 0.391. The predicted molar refractivity (Wildman–Crippen MR) is 118 cm³/mol. The lowest BCUT2D eigenvalue weighted by Crippen LogP contribution is -2.49. The van der Waals surface area contributed by atoms with E-state index in [4.69, 9.17) is 23.2 Å². The van der Waals surface area contributed by atoms with Crippen LogP contribution in [0.15, 0.2) is 36.4 Å². The van der Waals surface area contributed by atoms with Gasteiger partial charge in [0.15, 0.2) is 0 Å². The van der Waals surface area contributed by atoms with Gasteiger partial charge in [-0.25, -0.2) is 4.39 Å². The predicted octanol–water partition coefficient (Wildman–Crippen LogP) is 4.97. The number of rotatable bonds is 3. The molecule has 2 aromatic rings. The number of nitrogens with one attached hydrogen (secondary N) is 2. The van der Waals surface area contributed by atoms with Crippen molar-refractivity contribution in [3.05, 3.63) is 63.4 Å². The molecule has 0 saturated carbocycles. The van der Waals surface area contributed by atoms with E-state index >= 15 is 0 Å². The summed E-state index contributed by atoms with van der Waals surface area (Å²) in [5, 5.41) is 16.6. The Bertz CT molecular complexity index is 1080. The van der Waals surface area contributed by atoms with Crippen molar-refractivity contribution in [1.29, 1.82) is 0 Å². The van der Waals surface area contributed by atoms with Gasteiger partial charge in [0.2, 0.25) is 5.91 Å². The smallest absolute Gasteiger partial charge is 0.321 e. The highest BCUT2D eigenvalue weighted by Gasteiger charge is 2.65. The molecule has 1 amide bonds. The fourth-order valence-electron chi connectivity index (χ4n) is 5.11. The molecule has 1 saturated heterocycles. The Morgan fingerprint density at radius 3 is 2.52 bits per heavy atom. The first-order valence-electron chi connectivity index (χ1n) is 10.0. The molecule has 0 aliphatic carbocycles. The van der Waals surface area contributed by atoms with E-state index in [0.29, 0.717) is 28.3 Å². The summed E-state index contributed by atoms with van der Waals surface area (Å²) in [5.74, 6) is -2.80. The maximum atomic E-state index is 13.9. The zero-order chi connectivity index (χ0) is 22.7. The Hall–Kier alpha value is -2.15. The number of halogens is 3. The molecule has 5 nitrogen and oxygen atoms in total. The van der Waals surface area contributed by atoms with Crippen LogP contribution < -0.4 is 10.6 Å². The molecule has 8 heteroatoms. The monoisotopic (exact) mass is 464 g/mol. The second kappa shape index (κ2) is 7.47. The van der Waals surface area contributed by atoms with E-state index in [2.05, 4.69) is 10.6 Å². The first kappa shape index (κ1) is 22.1. The van der Waals surface area contributed by atoms with E-state index in [1.165, 1.54) is 18.2 Å². The molecule has 1 spiro atoms. The summed E-state index contributed by atoms with van der Waals surface area (Å²) in [6, 6.07) is 7.71. The standard InChI is InChI=1S/C23H23Cl2FN2O3/c1-22(2,3)10-17-23(13-6-5-12(24)9-16(13)27-21(23)31)18(19(28-17)20(29)30)11-4-7-15(26)14(25)8-11/h4-9,17-19,28H,10H2,1-3H3,(H,27,31)(H,29,30). The average Bonchev–Trinajstić information content (AvgIpc) is 3.12. The molecule has 4 unspecified atom stereocenters. The molecule has 2 aliphatic rings. The number of fused-ring (bicyclic) bond motifs is 2. The van der Waals surface area contributed by atoms with Crippen LogP contribution in [-0.4, -0.2) is 29.1 Å². The number of carbonyl (C=O) groups excluding carboxylic acids is 1. The Morgan fingerprint density at radius 2 is 1.90 bits per heavy atom. The lowest BCUT2D eigenvalue weighted by atomic mass is 9.62. The summed E-state index contributed by atoms with van der Waals surface area (Å²) in [4.78, 5) is 26.0. The van der Waals surface area contributed by atoms with E-state index in [1.807, 2.05) is 20.8 Å². The Morgan fingerprint density at radius 1 is 1.19 bits per heavy atom. The van der Waals surface area contributed by atoms with Crippen LogP contribution in [0.5, 0.6) is 0 Å². The molecule has 2 aromatic carbocycles. The van der Waals surface area contributed by atoms with Gasteiger partial charge in [0.25, 0.3) is 0 Å². The molecule has 2 heterocycles. The van der Waals surface area contributed by atoms with Crippen molar-refractivity contribution < 1.29 is 19.1 Å². The molecule has 0 bridgehead atoms. The van der Waals surface area contributed by atoms with Crippen LogP contribution in [-0.2, 0) is 15.0 Å². The van der Waals surface area contributed by atoms with Gasteiger partial charge in [0.05, 0.1) is 5.02 Å². The number of carbonyl (C=O) groups is 2. The molecular weight excluding hydrogens is 442 g/mol. The normalized spacial score (nSPS) is 27.4. The van der Waals surface area contributed by atoms with E-state index in [0.717, 1.165) is 0 Å². The van der Waals surface area contributed by atoms with Crippen molar-refractivity contribution in [2.75, 3.05) is 5.32 Å². The third kappa shape index (κ3) is 3.51. The summed E-state index contributed by atoms with van der Waals surface area (Å²) in [6.45, 7) is 6.11. The molecular formula is C23H23Cl2FN2O3. The van der Waals surface area contributed by atoms with Gasteiger partial charge in [-0.2, -0.15) is 0 Å². The number of anilines is 1. The number of benzene rings is 2. The number of aliphatic carboxylic acids is 1. The summed E-state index contributed by atoms with van der Waals surface area (Å²) in [6.07, 6.45) is 0.539. The molecule has 4 rings (SSSR count). The summed E-state index contributed by atoms with van der Waals surface area (Å²) in [5.41, 5.74) is 0.302. The molecule has 3 N–H and O–H groups in total. The van der Waals surface area contributed by atoms with Crippen LogP contribution >= 0.6 is 23.2 Å². The largest absolute Gasteiger partial charge is 0.480 e. The van der Waals surface area contributed by atoms with Gasteiger partial charge in [0, 0.05) is 22.7 Å². The molecule has 164 valence electrons. The average molecular weight is 465 g/mol. The number of carboxylic acids is 1. The van der Waals surface area contributed by atoms with Crippen LogP contribution in [0, 0.1) is 11.2 Å². The highest BCUT2D eigenvalue weighted by Crippen LogP contribution is 2.56. The van der Waals surface area contributed by atoms with E-state index in [9.17, 15) is 19.1 Å². The molecule has 0 aromatic heterocycles. The van der Waals surface area contributed by atoms with Gasteiger partial charge in [0.1, 0.15) is 17.3 Å². The highest BCUT2D eigenvalue weighted by molar-refractivity contribution is 6.31. The van der Waals surface area contributed by atoms with Gasteiger partial charge in [-0.1, -0.05) is 56.1 Å². The third-order valence-corrected chi connectivity index (χ3v) is 6.72. The van der Waals surface area contributed by atoms with E-state index in [1.54, 1.807) is 18.2 Å². The summed E-state index contributed by atoms with van der Waals surface area (Å²) in [7, 11) is 0. The first-order chi connectivity index (χ1) is 14.4. The van der Waals surface area contributed by atoms with Crippen molar-refractivity contribution in [3.8, 4) is 0 Å². The van der Waals surface area contributed by atoms with Crippen molar-refractivity contribution in [1.82, 2.24) is 5.32 Å². The maximum absolute atomic E-state index is 13.9. The van der Waals surface area contributed by atoms with Crippen molar-refractivity contribution in [2.24, 2.45) is 5.41 Å². The molecule has 31 heavy (non-hydrogen) atoms. The Balaban J connectivity index is 2.01. The van der Waals surface area contributed by atoms with Gasteiger partial charge in [-0.05, 0) is 47.2 Å². The van der Waals surface area contributed by atoms with Crippen LogP contribution in [0.2, 0.25) is 10.0 Å². The zero-order valence-corrected chi connectivity index (χ0v) is 18.8. The minimum atomic E-state index is -1.22. The quantitative estimate of drug-likeness (QED) is 0.599. The van der Waals surface area contributed by atoms with Crippen LogP contribution in [0.4, 0.5) is 10.1 Å². The zero-order valence-electron chi connectivity index (χ0n) is 17.3. The molecule has 4 atom stereocenters. The lowest BCUT2D eigenvalue weighted by molar-refractivity contribution is -0.139. The number of carboxylic acid groups (broad SMARTS) is 1. The first-order valence-corrected chi connectivity index (χ1v) is 10.8. The Kier molecular flexibility index (Phi) is 5.31. The van der Waals surface area contributed by atoms with Crippen LogP contribution in [0.1, 0.15) is 44.2 Å². The molecule has 1 fully saturated rings. The summed E-state index contributed by atoms with van der Waals surface area (Å²) >= 11 is 12.2. The second-order valence-electron chi connectivity index (χ2n) is 9.46. The van der Waals surface area contributed by atoms with Gasteiger partial charge in [-0.3, -0.25) is 14.9 Å². The van der Waals surface area contributed by atoms with Crippen LogP contribution in [0.3, 0.4) is 0 Å². The Labute approximate surface area is 189 Å². The van der Waals surface area contributed by atoms with Crippen LogP contribution in [0.25, 0.3) is 0 Å². The van der Waals surface area contributed by atoms with Crippen molar-refractivity contribution in [3.63, 3.8) is 0 Å². The molecule has 0 radical (unpaired) electrons. The van der Waals surface area contributed by atoms with Crippen molar-refractivity contribution in [2.45, 2.75) is 50.6 Å². The maximum Gasteiger partial charge on any atom is 0.321 e. The molecule has 2 aliphatic heterocycles.